The number of aromatic nitrogens is 3. The van der Waals surface area contributed by atoms with Crippen molar-refractivity contribution in [2.75, 3.05) is 18.5 Å². The molecule has 2 aromatic carbocycles. The van der Waals surface area contributed by atoms with Crippen LogP contribution in [0.1, 0.15) is 42.7 Å². The molecule has 4 rings (SSSR count). The molecular weight excluding hydrogens is 489 g/mol. The van der Waals surface area contributed by atoms with E-state index in [4.69, 9.17) is 21.1 Å². The minimum atomic E-state index is -0.632. The summed E-state index contributed by atoms with van der Waals surface area (Å²) in [4.78, 5) is 26.2. The average molecular weight is 516 g/mol. The van der Waals surface area contributed by atoms with E-state index in [-0.39, 0.29) is 36.1 Å². The van der Waals surface area contributed by atoms with Crippen molar-refractivity contribution in [2.24, 2.45) is 0 Å². The fourth-order valence-corrected chi connectivity index (χ4v) is 3.85. The molecule has 0 radical (unpaired) electrons. The highest BCUT2D eigenvalue weighted by Crippen LogP contribution is 2.24. The van der Waals surface area contributed by atoms with Gasteiger partial charge in [0.1, 0.15) is 0 Å². The number of rotatable bonds is 8. The summed E-state index contributed by atoms with van der Waals surface area (Å²) in [6.07, 6.45) is 1.12. The van der Waals surface area contributed by atoms with Gasteiger partial charge in [-0.15, -0.1) is 10.2 Å². The predicted octanol–water partition coefficient (Wildman–Crippen LogP) is 3.92. The van der Waals surface area contributed by atoms with Gasteiger partial charge in [0.25, 0.3) is 11.5 Å². The molecule has 0 atom stereocenters. The molecule has 2 N–H and O–H groups in total. The first-order valence-corrected chi connectivity index (χ1v) is 12.0. The Labute approximate surface area is 212 Å². The van der Waals surface area contributed by atoms with Crippen LogP contribution in [0.2, 0.25) is 5.02 Å². The van der Waals surface area contributed by atoms with Crippen LogP contribution in [0, 0.1) is 5.82 Å². The maximum atomic E-state index is 14.5. The minimum Gasteiger partial charge on any atom is -0.488 e. The average Bonchev–Trinajstić information content (AvgIpc) is 2.84. The van der Waals surface area contributed by atoms with E-state index in [1.807, 2.05) is 0 Å². The molecule has 11 heteroatoms. The number of carbonyl (C=O) groups is 1. The molecule has 0 saturated carbocycles. The van der Waals surface area contributed by atoms with Gasteiger partial charge in [-0.25, -0.2) is 4.39 Å². The van der Waals surface area contributed by atoms with Gasteiger partial charge < -0.3 is 20.1 Å². The molecule has 9 nitrogen and oxygen atoms in total. The molecule has 0 aliphatic carbocycles. The normalized spacial score (nSPS) is 14.0. The number of nitrogens with one attached hydrogen (secondary N) is 2. The van der Waals surface area contributed by atoms with E-state index in [0.717, 1.165) is 5.56 Å². The van der Waals surface area contributed by atoms with Crippen LogP contribution in [0.15, 0.2) is 47.3 Å². The first-order valence-electron chi connectivity index (χ1n) is 11.6. The standard InChI is InChI=1S/C25H27ClFN5O4/c1-15(2)36-21-8-7-19(13-20(21)27)29-25-31-30-22(23(33)28-18-9-11-35-12-10-18)24(34)32(25)14-16-3-5-17(26)6-4-16/h3-8,13,15,18H,9-12,14H2,1-2H3,(H,28,33)(H,29,31). The molecule has 3 aromatic rings. The molecule has 36 heavy (non-hydrogen) atoms. The van der Waals surface area contributed by atoms with Crippen LogP contribution < -0.4 is 20.9 Å². The van der Waals surface area contributed by atoms with Crippen molar-refractivity contribution in [2.45, 2.75) is 45.4 Å². The molecule has 1 fully saturated rings. The summed E-state index contributed by atoms with van der Waals surface area (Å²) in [7, 11) is 0. The van der Waals surface area contributed by atoms with E-state index in [9.17, 15) is 14.0 Å². The lowest BCUT2D eigenvalue weighted by molar-refractivity contribution is 0.0692. The molecule has 1 saturated heterocycles. The summed E-state index contributed by atoms with van der Waals surface area (Å²) in [5.74, 6) is -1.01. The predicted molar refractivity (Wildman–Crippen MR) is 134 cm³/mol. The highest BCUT2D eigenvalue weighted by Gasteiger charge is 2.23. The van der Waals surface area contributed by atoms with Crippen LogP contribution in [-0.4, -0.2) is 46.0 Å². The Kier molecular flexibility index (Phi) is 8.17. The summed E-state index contributed by atoms with van der Waals surface area (Å²) >= 11 is 5.99. The summed E-state index contributed by atoms with van der Waals surface area (Å²) in [5.41, 5.74) is 0.127. The van der Waals surface area contributed by atoms with E-state index in [2.05, 4.69) is 20.8 Å². The van der Waals surface area contributed by atoms with Crippen molar-refractivity contribution in [3.8, 4) is 5.75 Å². The Morgan fingerprint density at radius 2 is 1.92 bits per heavy atom. The molecule has 1 aliphatic heterocycles. The second-order valence-electron chi connectivity index (χ2n) is 8.69. The Morgan fingerprint density at radius 1 is 1.19 bits per heavy atom. The lowest BCUT2D eigenvalue weighted by Gasteiger charge is -2.23. The minimum absolute atomic E-state index is 0.0505. The summed E-state index contributed by atoms with van der Waals surface area (Å²) in [5, 5.41) is 14.3. The number of halogens is 2. The number of nitrogens with zero attached hydrogens (tertiary/aromatic N) is 3. The van der Waals surface area contributed by atoms with Crippen molar-refractivity contribution < 1.29 is 18.7 Å². The molecule has 1 aromatic heterocycles. The van der Waals surface area contributed by atoms with Crippen LogP contribution in [-0.2, 0) is 11.3 Å². The van der Waals surface area contributed by atoms with Gasteiger partial charge in [-0.1, -0.05) is 23.7 Å². The Bertz CT molecular complexity index is 1280. The number of ether oxygens (including phenoxy) is 2. The van der Waals surface area contributed by atoms with Crippen LogP contribution in [0.5, 0.6) is 5.75 Å². The smallest absolute Gasteiger partial charge is 0.287 e. The number of anilines is 2. The molecule has 1 amide bonds. The molecule has 2 heterocycles. The zero-order chi connectivity index (χ0) is 25.7. The van der Waals surface area contributed by atoms with Gasteiger partial charge in [0.2, 0.25) is 11.6 Å². The third-order valence-electron chi connectivity index (χ3n) is 5.52. The first kappa shape index (κ1) is 25.6. The van der Waals surface area contributed by atoms with Gasteiger partial charge in [0.05, 0.1) is 12.6 Å². The maximum Gasteiger partial charge on any atom is 0.287 e. The first-order chi connectivity index (χ1) is 17.3. The third kappa shape index (κ3) is 6.38. The zero-order valence-electron chi connectivity index (χ0n) is 20.0. The van der Waals surface area contributed by atoms with E-state index in [1.54, 1.807) is 44.2 Å². The second-order valence-corrected chi connectivity index (χ2v) is 9.12. The SMILES string of the molecule is CC(C)Oc1ccc(Nc2nnc(C(=O)NC3CCOCC3)c(=O)n2Cc2ccc(Cl)cc2)cc1F. The Balaban J connectivity index is 1.65. The topological polar surface area (TPSA) is 107 Å². The molecule has 0 unspecified atom stereocenters. The van der Waals surface area contributed by atoms with E-state index in [0.29, 0.717) is 36.8 Å². The number of amides is 1. The van der Waals surface area contributed by atoms with Gasteiger partial charge in [0.15, 0.2) is 11.6 Å². The molecule has 0 bridgehead atoms. The second kappa shape index (κ2) is 11.5. The molecule has 0 spiro atoms. The number of benzene rings is 2. The Hall–Kier alpha value is -3.50. The Morgan fingerprint density at radius 3 is 2.58 bits per heavy atom. The zero-order valence-corrected chi connectivity index (χ0v) is 20.7. The molecular formula is C25H27ClFN5O4. The van der Waals surface area contributed by atoms with Crippen molar-refractivity contribution in [1.82, 2.24) is 20.1 Å². The summed E-state index contributed by atoms with van der Waals surface area (Å²) < 4.78 is 26.6. The van der Waals surface area contributed by atoms with Crippen LogP contribution in [0.25, 0.3) is 0 Å². The lowest BCUT2D eigenvalue weighted by atomic mass is 10.1. The van der Waals surface area contributed by atoms with Crippen molar-refractivity contribution >= 4 is 29.1 Å². The van der Waals surface area contributed by atoms with E-state index < -0.39 is 17.3 Å². The van der Waals surface area contributed by atoms with Gasteiger partial charge in [-0.3, -0.25) is 14.2 Å². The van der Waals surface area contributed by atoms with Gasteiger partial charge >= 0.3 is 0 Å². The maximum absolute atomic E-state index is 14.5. The molecule has 190 valence electrons. The summed E-state index contributed by atoms with van der Waals surface area (Å²) in [6.45, 7) is 4.77. The van der Waals surface area contributed by atoms with Gasteiger partial charge in [-0.05, 0) is 56.5 Å². The van der Waals surface area contributed by atoms with Crippen LogP contribution in [0.4, 0.5) is 16.0 Å². The van der Waals surface area contributed by atoms with Crippen molar-refractivity contribution in [3.63, 3.8) is 0 Å². The largest absolute Gasteiger partial charge is 0.488 e. The number of hydrogen-bond donors (Lipinski definition) is 2. The van der Waals surface area contributed by atoms with Crippen molar-refractivity contribution in [3.05, 3.63) is 74.9 Å². The quantitative estimate of drug-likeness (QED) is 0.468. The number of hydrogen-bond acceptors (Lipinski definition) is 7. The highest BCUT2D eigenvalue weighted by molar-refractivity contribution is 6.30. The van der Waals surface area contributed by atoms with E-state index >= 15 is 0 Å². The summed E-state index contributed by atoms with van der Waals surface area (Å²) in [6, 6.07) is 11.1. The van der Waals surface area contributed by atoms with Gasteiger partial charge in [-0.2, -0.15) is 0 Å². The fourth-order valence-electron chi connectivity index (χ4n) is 3.73. The number of carbonyl (C=O) groups excluding carboxylic acids is 1. The third-order valence-corrected chi connectivity index (χ3v) is 5.78. The van der Waals surface area contributed by atoms with E-state index in [1.165, 1.54) is 16.7 Å². The monoisotopic (exact) mass is 515 g/mol. The van der Waals surface area contributed by atoms with Crippen LogP contribution >= 0.6 is 11.6 Å². The van der Waals surface area contributed by atoms with Gasteiger partial charge in [0, 0.05) is 36.0 Å². The fraction of sp³-hybridized carbons (Fsp3) is 0.360. The molecule has 1 aliphatic rings. The van der Waals surface area contributed by atoms with Crippen molar-refractivity contribution in [1.29, 1.82) is 0 Å². The lowest BCUT2D eigenvalue weighted by Crippen LogP contribution is -2.43. The van der Waals surface area contributed by atoms with Crippen LogP contribution in [0.3, 0.4) is 0 Å². The highest BCUT2D eigenvalue weighted by atomic mass is 35.5.